The Kier molecular flexibility index (Phi) is 6.99. The first-order chi connectivity index (χ1) is 15.9. The number of para-hydroxylation sites is 1. The number of carbonyl (C=O) groups excluding carboxylic acids is 2. The predicted molar refractivity (Wildman–Crippen MR) is 126 cm³/mol. The Morgan fingerprint density at radius 1 is 1.15 bits per heavy atom. The van der Waals surface area contributed by atoms with E-state index in [9.17, 15) is 18.0 Å². The first-order valence-electron chi connectivity index (χ1n) is 11.3. The first kappa shape index (κ1) is 23.3. The quantitative estimate of drug-likeness (QED) is 0.644. The molecular weight excluding hydrogens is 442 g/mol. The minimum atomic E-state index is -3.64. The van der Waals surface area contributed by atoms with Gasteiger partial charge in [-0.1, -0.05) is 24.6 Å². The van der Waals surface area contributed by atoms with Gasteiger partial charge in [0.25, 0.3) is 0 Å². The summed E-state index contributed by atoms with van der Waals surface area (Å²) >= 11 is 0. The number of rotatable bonds is 7. The third kappa shape index (κ3) is 5.20. The average Bonchev–Trinajstić information content (AvgIpc) is 2.83. The van der Waals surface area contributed by atoms with Gasteiger partial charge in [0, 0.05) is 31.1 Å². The van der Waals surface area contributed by atoms with Gasteiger partial charge in [-0.3, -0.25) is 9.59 Å². The maximum Gasteiger partial charge on any atom is 0.243 e. The number of piperidine rings is 1. The Morgan fingerprint density at radius 2 is 1.91 bits per heavy atom. The van der Waals surface area contributed by atoms with E-state index in [0.717, 1.165) is 30.5 Å². The van der Waals surface area contributed by atoms with Crippen molar-refractivity contribution in [3.63, 3.8) is 0 Å². The maximum absolute atomic E-state index is 13.0. The summed E-state index contributed by atoms with van der Waals surface area (Å²) in [5.41, 5.74) is 2.18. The van der Waals surface area contributed by atoms with Crippen molar-refractivity contribution in [2.75, 3.05) is 30.8 Å². The van der Waals surface area contributed by atoms with Crippen LogP contribution < -0.4 is 15.4 Å². The van der Waals surface area contributed by atoms with E-state index in [1.807, 2.05) is 24.3 Å². The van der Waals surface area contributed by atoms with Crippen molar-refractivity contribution in [3.8, 4) is 5.75 Å². The third-order valence-corrected chi connectivity index (χ3v) is 8.12. The van der Waals surface area contributed by atoms with E-state index in [-0.39, 0.29) is 29.0 Å². The molecule has 2 heterocycles. The van der Waals surface area contributed by atoms with Crippen molar-refractivity contribution >= 4 is 33.2 Å². The lowest BCUT2D eigenvalue weighted by molar-refractivity contribution is -0.121. The van der Waals surface area contributed by atoms with Gasteiger partial charge >= 0.3 is 0 Å². The minimum Gasteiger partial charge on any atom is -0.495 e. The normalized spacial score (nSPS) is 18.8. The van der Waals surface area contributed by atoms with Crippen LogP contribution in [0.25, 0.3) is 0 Å². The SMILES string of the molecule is COc1ccc(S(=O)(=O)N2CCCCC2)cc1NC(=O)CCC1Cc2ccccc2NC1=O. The molecule has 2 amide bonds. The second-order valence-corrected chi connectivity index (χ2v) is 10.4. The van der Waals surface area contributed by atoms with Crippen LogP contribution >= 0.6 is 0 Å². The number of methoxy groups -OCH3 is 1. The number of nitrogens with zero attached hydrogens (tertiary/aromatic N) is 1. The van der Waals surface area contributed by atoms with Gasteiger partial charge in [0.2, 0.25) is 21.8 Å². The fraction of sp³-hybridized carbons (Fsp3) is 0.417. The summed E-state index contributed by atoms with van der Waals surface area (Å²) < 4.78 is 32.9. The van der Waals surface area contributed by atoms with Crippen molar-refractivity contribution in [3.05, 3.63) is 48.0 Å². The summed E-state index contributed by atoms with van der Waals surface area (Å²) in [7, 11) is -2.17. The highest BCUT2D eigenvalue weighted by Crippen LogP contribution is 2.31. The third-order valence-electron chi connectivity index (χ3n) is 6.23. The summed E-state index contributed by atoms with van der Waals surface area (Å²) in [6.45, 7) is 1.01. The number of fused-ring (bicyclic) bond motifs is 1. The van der Waals surface area contributed by atoms with Crippen LogP contribution in [0.1, 0.15) is 37.7 Å². The molecule has 1 unspecified atom stereocenters. The molecule has 176 valence electrons. The molecule has 2 aliphatic heterocycles. The molecule has 0 spiro atoms. The van der Waals surface area contributed by atoms with E-state index < -0.39 is 10.0 Å². The van der Waals surface area contributed by atoms with Crippen molar-refractivity contribution in [2.24, 2.45) is 5.92 Å². The molecule has 0 bridgehead atoms. The monoisotopic (exact) mass is 471 g/mol. The minimum absolute atomic E-state index is 0.0892. The molecule has 9 heteroatoms. The lowest BCUT2D eigenvalue weighted by Crippen LogP contribution is -2.35. The van der Waals surface area contributed by atoms with Gasteiger partial charge in [-0.25, -0.2) is 8.42 Å². The lowest BCUT2D eigenvalue weighted by Gasteiger charge is -2.26. The summed E-state index contributed by atoms with van der Waals surface area (Å²) in [5.74, 6) is -0.301. The van der Waals surface area contributed by atoms with Crippen LogP contribution in [-0.2, 0) is 26.0 Å². The molecule has 2 aromatic rings. The smallest absolute Gasteiger partial charge is 0.243 e. The molecule has 8 nitrogen and oxygen atoms in total. The number of sulfonamides is 1. The standard InChI is InChI=1S/C24H29N3O5S/c1-32-22-11-10-19(33(30,31)27-13-5-2-6-14-27)16-21(22)25-23(28)12-9-18-15-17-7-3-4-8-20(17)26-24(18)29/h3-4,7-8,10-11,16,18H,2,5-6,9,12-15H2,1H3,(H,25,28)(H,26,29). The Bertz CT molecular complexity index is 1140. The van der Waals surface area contributed by atoms with Crippen molar-refractivity contribution in [1.29, 1.82) is 0 Å². The van der Waals surface area contributed by atoms with E-state index in [4.69, 9.17) is 4.74 Å². The maximum atomic E-state index is 13.0. The molecule has 0 saturated carbocycles. The Morgan fingerprint density at radius 3 is 2.67 bits per heavy atom. The van der Waals surface area contributed by atoms with Crippen LogP contribution in [0.15, 0.2) is 47.4 Å². The molecule has 4 rings (SSSR count). The molecule has 0 aromatic heterocycles. The lowest BCUT2D eigenvalue weighted by atomic mass is 9.89. The van der Waals surface area contributed by atoms with E-state index >= 15 is 0 Å². The largest absolute Gasteiger partial charge is 0.495 e. The highest BCUT2D eigenvalue weighted by atomic mass is 32.2. The zero-order valence-corrected chi connectivity index (χ0v) is 19.5. The molecule has 2 aromatic carbocycles. The zero-order valence-electron chi connectivity index (χ0n) is 18.7. The van der Waals surface area contributed by atoms with Gasteiger partial charge in [-0.2, -0.15) is 4.31 Å². The molecular formula is C24H29N3O5S. The fourth-order valence-electron chi connectivity index (χ4n) is 4.36. The number of nitrogens with one attached hydrogen (secondary N) is 2. The highest BCUT2D eigenvalue weighted by molar-refractivity contribution is 7.89. The van der Waals surface area contributed by atoms with Crippen LogP contribution in [0.3, 0.4) is 0 Å². The number of anilines is 2. The van der Waals surface area contributed by atoms with Gasteiger partial charge in [0.05, 0.1) is 17.7 Å². The van der Waals surface area contributed by atoms with Gasteiger partial charge in [0.15, 0.2) is 0 Å². The molecule has 1 saturated heterocycles. The van der Waals surface area contributed by atoms with Crippen molar-refractivity contribution in [1.82, 2.24) is 4.31 Å². The van der Waals surface area contributed by atoms with Crippen LogP contribution in [0.4, 0.5) is 11.4 Å². The number of hydrogen-bond donors (Lipinski definition) is 2. The van der Waals surface area contributed by atoms with Crippen molar-refractivity contribution < 1.29 is 22.7 Å². The van der Waals surface area contributed by atoms with Gasteiger partial charge in [0.1, 0.15) is 5.75 Å². The fourth-order valence-corrected chi connectivity index (χ4v) is 5.91. The predicted octanol–water partition coefficient (Wildman–Crippen LogP) is 3.40. The van der Waals surface area contributed by atoms with Crippen LogP contribution in [0.2, 0.25) is 0 Å². The molecule has 0 radical (unpaired) electrons. The van der Waals surface area contributed by atoms with Crippen LogP contribution in [-0.4, -0.2) is 44.7 Å². The number of benzene rings is 2. The van der Waals surface area contributed by atoms with E-state index in [1.165, 1.54) is 23.5 Å². The number of amides is 2. The Hall–Kier alpha value is -2.91. The van der Waals surface area contributed by atoms with E-state index in [2.05, 4.69) is 10.6 Å². The molecule has 1 atom stereocenters. The first-order valence-corrected chi connectivity index (χ1v) is 12.7. The average molecular weight is 472 g/mol. The molecule has 2 N–H and O–H groups in total. The van der Waals surface area contributed by atoms with E-state index in [1.54, 1.807) is 6.07 Å². The van der Waals surface area contributed by atoms with Gasteiger partial charge < -0.3 is 15.4 Å². The number of carbonyl (C=O) groups is 2. The summed E-state index contributed by atoms with van der Waals surface area (Å²) in [5, 5.41) is 5.67. The second-order valence-electron chi connectivity index (χ2n) is 8.46. The van der Waals surface area contributed by atoms with Crippen LogP contribution in [0.5, 0.6) is 5.75 Å². The summed E-state index contributed by atoms with van der Waals surface area (Å²) in [6.07, 6.45) is 3.83. The van der Waals surface area contributed by atoms with E-state index in [0.29, 0.717) is 37.4 Å². The van der Waals surface area contributed by atoms with Gasteiger partial charge in [-0.05, 0) is 55.5 Å². The van der Waals surface area contributed by atoms with Crippen LogP contribution in [0, 0.1) is 5.92 Å². The molecule has 1 fully saturated rings. The summed E-state index contributed by atoms with van der Waals surface area (Å²) in [4.78, 5) is 25.2. The second kappa shape index (κ2) is 9.93. The molecule has 33 heavy (non-hydrogen) atoms. The van der Waals surface area contributed by atoms with Gasteiger partial charge in [-0.15, -0.1) is 0 Å². The highest BCUT2D eigenvalue weighted by Gasteiger charge is 2.28. The Labute approximate surface area is 194 Å². The Balaban J connectivity index is 1.43. The molecule has 2 aliphatic rings. The van der Waals surface area contributed by atoms with Crippen molar-refractivity contribution in [2.45, 2.75) is 43.4 Å². The zero-order chi connectivity index (χ0) is 23.4. The number of hydrogen-bond acceptors (Lipinski definition) is 5. The number of ether oxygens (including phenoxy) is 1. The molecule has 0 aliphatic carbocycles. The summed E-state index contributed by atoms with van der Waals surface area (Å²) in [6, 6.07) is 12.1. The topological polar surface area (TPSA) is 105 Å².